The van der Waals surface area contributed by atoms with E-state index in [1.807, 2.05) is 30.3 Å². The molecule has 2 amide bonds. The van der Waals surface area contributed by atoms with Gasteiger partial charge in [0.15, 0.2) is 0 Å². The van der Waals surface area contributed by atoms with E-state index in [9.17, 15) is 4.79 Å². The van der Waals surface area contributed by atoms with E-state index < -0.39 is 0 Å². The van der Waals surface area contributed by atoms with Gasteiger partial charge < -0.3 is 10.2 Å². The van der Waals surface area contributed by atoms with Crippen LogP contribution < -0.4 is 5.32 Å². The zero-order valence-electron chi connectivity index (χ0n) is 12.8. The van der Waals surface area contributed by atoms with E-state index >= 15 is 0 Å². The quantitative estimate of drug-likeness (QED) is 0.945. The number of nitrogens with one attached hydrogen (secondary N) is 1. The Morgan fingerprint density at radius 3 is 2.68 bits per heavy atom. The Balaban J connectivity index is 1.56. The highest BCUT2D eigenvalue weighted by Gasteiger charge is 2.15. The number of likely N-dealkylation sites (tertiary alicyclic amines) is 1. The molecule has 0 aliphatic carbocycles. The fourth-order valence-corrected chi connectivity index (χ4v) is 2.64. The van der Waals surface area contributed by atoms with Gasteiger partial charge in [0.2, 0.25) is 0 Å². The molecule has 0 radical (unpaired) electrons. The molecule has 3 rings (SSSR count). The van der Waals surface area contributed by atoms with Crippen LogP contribution in [0.5, 0.6) is 0 Å². The molecule has 0 atom stereocenters. The highest BCUT2D eigenvalue weighted by atomic mass is 16.2. The van der Waals surface area contributed by atoms with Gasteiger partial charge in [-0.1, -0.05) is 6.07 Å². The van der Waals surface area contributed by atoms with E-state index in [2.05, 4.69) is 15.4 Å². The molecule has 116 valence electrons. The van der Waals surface area contributed by atoms with Crippen molar-refractivity contribution in [2.45, 2.75) is 25.8 Å². The predicted molar refractivity (Wildman–Crippen MR) is 84.1 cm³/mol. The number of carbonyl (C=O) groups is 1. The molecule has 0 spiro atoms. The van der Waals surface area contributed by atoms with Crippen molar-refractivity contribution in [3.63, 3.8) is 0 Å². The number of urea groups is 1. The van der Waals surface area contributed by atoms with Crippen LogP contribution >= 0.6 is 0 Å². The van der Waals surface area contributed by atoms with Crippen LogP contribution in [0.15, 0.2) is 30.7 Å². The third-order valence-electron chi connectivity index (χ3n) is 3.91. The standard InChI is InChI=1S/C16H21N5O/c1-20-12-14(11-19-20)15-6-5-13(9-17-15)10-18-16(22)21-7-3-2-4-8-21/h5-6,9,11-12H,2-4,7-8,10H2,1H3,(H,18,22). The van der Waals surface area contributed by atoms with Crippen molar-refractivity contribution >= 4 is 6.03 Å². The first-order valence-corrected chi connectivity index (χ1v) is 7.69. The molecule has 0 aromatic carbocycles. The Bertz CT molecular complexity index is 628. The van der Waals surface area contributed by atoms with Crippen LogP contribution in [0.4, 0.5) is 4.79 Å². The first kappa shape index (κ1) is 14.6. The first-order chi connectivity index (χ1) is 10.7. The van der Waals surface area contributed by atoms with Crippen LogP contribution in [0.3, 0.4) is 0 Å². The van der Waals surface area contributed by atoms with Gasteiger partial charge in [0.05, 0.1) is 11.9 Å². The number of pyridine rings is 1. The zero-order valence-corrected chi connectivity index (χ0v) is 12.8. The van der Waals surface area contributed by atoms with Crippen LogP contribution in [0.2, 0.25) is 0 Å². The van der Waals surface area contributed by atoms with E-state index in [1.165, 1.54) is 6.42 Å². The summed E-state index contributed by atoms with van der Waals surface area (Å²) in [6, 6.07) is 3.97. The smallest absolute Gasteiger partial charge is 0.317 e. The molecule has 1 N–H and O–H groups in total. The molecule has 6 heteroatoms. The number of amides is 2. The molecule has 2 aromatic rings. The highest BCUT2D eigenvalue weighted by molar-refractivity contribution is 5.74. The minimum Gasteiger partial charge on any atom is -0.334 e. The topological polar surface area (TPSA) is 63.1 Å². The Morgan fingerprint density at radius 2 is 2.05 bits per heavy atom. The molecule has 6 nitrogen and oxygen atoms in total. The van der Waals surface area contributed by atoms with Crippen LogP contribution in [0, 0.1) is 0 Å². The Kier molecular flexibility index (Phi) is 4.37. The number of hydrogen-bond donors (Lipinski definition) is 1. The monoisotopic (exact) mass is 299 g/mol. The van der Waals surface area contributed by atoms with Gasteiger partial charge in [0.1, 0.15) is 0 Å². The average molecular weight is 299 g/mol. The van der Waals surface area contributed by atoms with Gasteiger partial charge in [-0.25, -0.2) is 4.79 Å². The molecule has 1 aliphatic heterocycles. The summed E-state index contributed by atoms with van der Waals surface area (Å²) < 4.78 is 1.75. The molecule has 1 saturated heterocycles. The lowest BCUT2D eigenvalue weighted by Crippen LogP contribution is -2.42. The Morgan fingerprint density at radius 1 is 1.23 bits per heavy atom. The Labute approximate surface area is 130 Å². The van der Waals surface area contributed by atoms with Gasteiger partial charge in [-0.2, -0.15) is 5.10 Å². The summed E-state index contributed by atoms with van der Waals surface area (Å²) in [5.74, 6) is 0. The molecule has 1 aliphatic rings. The molecule has 0 unspecified atom stereocenters. The first-order valence-electron chi connectivity index (χ1n) is 7.69. The maximum Gasteiger partial charge on any atom is 0.317 e. The summed E-state index contributed by atoms with van der Waals surface area (Å²) in [6.07, 6.45) is 8.96. The minimum atomic E-state index is 0.0241. The maximum atomic E-state index is 12.0. The molecular formula is C16H21N5O. The van der Waals surface area contributed by atoms with Gasteiger partial charge >= 0.3 is 6.03 Å². The second-order valence-corrected chi connectivity index (χ2v) is 5.66. The van der Waals surface area contributed by atoms with Gasteiger partial charge in [-0.05, 0) is 30.9 Å². The van der Waals surface area contributed by atoms with Crippen molar-refractivity contribution in [1.29, 1.82) is 0 Å². The number of rotatable bonds is 3. The largest absolute Gasteiger partial charge is 0.334 e. The third-order valence-corrected chi connectivity index (χ3v) is 3.91. The van der Waals surface area contributed by atoms with Crippen molar-refractivity contribution in [3.8, 4) is 11.3 Å². The number of hydrogen-bond acceptors (Lipinski definition) is 3. The summed E-state index contributed by atoms with van der Waals surface area (Å²) in [5, 5.41) is 7.10. The molecule has 22 heavy (non-hydrogen) atoms. The molecule has 2 aromatic heterocycles. The van der Waals surface area contributed by atoms with Gasteiger partial charge in [0.25, 0.3) is 0 Å². The number of piperidine rings is 1. The fraction of sp³-hybridized carbons (Fsp3) is 0.438. The fourth-order valence-electron chi connectivity index (χ4n) is 2.64. The SMILES string of the molecule is Cn1cc(-c2ccc(CNC(=O)N3CCCCC3)cn2)cn1. The zero-order chi connectivity index (χ0) is 15.4. The van der Waals surface area contributed by atoms with E-state index in [0.29, 0.717) is 6.54 Å². The van der Waals surface area contributed by atoms with E-state index in [-0.39, 0.29) is 6.03 Å². The second-order valence-electron chi connectivity index (χ2n) is 5.66. The number of nitrogens with zero attached hydrogens (tertiary/aromatic N) is 4. The number of aryl methyl sites for hydroxylation is 1. The van der Waals surface area contributed by atoms with Crippen LogP contribution in [-0.2, 0) is 13.6 Å². The van der Waals surface area contributed by atoms with Crippen LogP contribution in [0.1, 0.15) is 24.8 Å². The van der Waals surface area contributed by atoms with E-state index in [4.69, 9.17) is 0 Å². The average Bonchev–Trinajstić information content (AvgIpc) is 3.00. The normalized spacial score (nSPS) is 14.9. The third kappa shape index (κ3) is 3.44. The van der Waals surface area contributed by atoms with Gasteiger partial charge in [0, 0.05) is 44.6 Å². The van der Waals surface area contributed by atoms with Crippen LogP contribution in [0.25, 0.3) is 11.3 Å². The predicted octanol–water partition coefficient (Wildman–Crippen LogP) is 2.18. The van der Waals surface area contributed by atoms with Crippen molar-refractivity contribution in [1.82, 2.24) is 25.0 Å². The lowest BCUT2D eigenvalue weighted by molar-refractivity contribution is 0.186. The maximum absolute atomic E-state index is 12.0. The number of aromatic nitrogens is 3. The van der Waals surface area contributed by atoms with Crippen molar-refractivity contribution in [2.24, 2.45) is 7.05 Å². The summed E-state index contributed by atoms with van der Waals surface area (Å²) in [6.45, 7) is 2.24. The van der Waals surface area contributed by atoms with E-state index in [1.54, 1.807) is 17.1 Å². The van der Waals surface area contributed by atoms with Crippen molar-refractivity contribution < 1.29 is 4.79 Å². The van der Waals surface area contributed by atoms with Crippen LogP contribution in [-0.4, -0.2) is 38.8 Å². The highest BCUT2D eigenvalue weighted by Crippen LogP contribution is 2.15. The van der Waals surface area contributed by atoms with Crippen molar-refractivity contribution in [3.05, 3.63) is 36.3 Å². The minimum absolute atomic E-state index is 0.0241. The lowest BCUT2D eigenvalue weighted by atomic mass is 10.1. The second kappa shape index (κ2) is 6.60. The molecular weight excluding hydrogens is 278 g/mol. The molecule has 0 bridgehead atoms. The van der Waals surface area contributed by atoms with Gasteiger partial charge in [-0.3, -0.25) is 9.67 Å². The van der Waals surface area contributed by atoms with E-state index in [0.717, 1.165) is 42.8 Å². The lowest BCUT2D eigenvalue weighted by Gasteiger charge is -2.26. The summed E-state index contributed by atoms with van der Waals surface area (Å²) in [4.78, 5) is 18.4. The summed E-state index contributed by atoms with van der Waals surface area (Å²) in [7, 11) is 1.88. The van der Waals surface area contributed by atoms with Gasteiger partial charge in [-0.15, -0.1) is 0 Å². The van der Waals surface area contributed by atoms with Crippen molar-refractivity contribution in [2.75, 3.05) is 13.1 Å². The number of carbonyl (C=O) groups excluding carboxylic acids is 1. The molecule has 1 fully saturated rings. The summed E-state index contributed by atoms with van der Waals surface area (Å²) in [5.41, 5.74) is 2.88. The Hall–Kier alpha value is -2.37. The molecule has 0 saturated carbocycles. The summed E-state index contributed by atoms with van der Waals surface area (Å²) >= 11 is 0. The molecule has 3 heterocycles.